The molecule has 1 N–H and O–H groups in total. The van der Waals surface area contributed by atoms with E-state index in [4.69, 9.17) is 5.02 Å². The fraction of sp³-hybridized carbons (Fsp3) is 1.00. The van der Waals surface area contributed by atoms with Crippen LogP contribution in [0.5, 0.6) is 0 Å². The maximum Gasteiger partial charge on any atom is 0.286 e. The maximum atomic E-state index is 9.14. The van der Waals surface area contributed by atoms with Gasteiger partial charge in [-0.3, -0.25) is 0 Å². The fourth-order valence-corrected chi connectivity index (χ4v) is 0.997. The van der Waals surface area contributed by atoms with Crippen molar-refractivity contribution in [1.29, 1.82) is 0 Å². The summed E-state index contributed by atoms with van der Waals surface area (Å²) in [5, 5.41) is 9.14. The number of hydrogen-bond donors (Lipinski definition) is 1. The van der Waals surface area contributed by atoms with E-state index in [2.05, 4.69) is 27.7 Å². The predicted molar refractivity (Wildman–Crippen MR) is 47.3 cm³/mol. The summed E-state index contributed by atoms with van der Waals surface area (Å²) in [6.07, 6.45) is 0.894. The Bertz CT molecular complexity index is 97.4. The molecule has 0 aromatic heterocycles. The van der Waals surface area contributed by atoms with Crippen LogP contribution in [0.4, 0.5) is 0 Å². The van der Waals surface area contributed by atoms with Gasteiger partial charge in [0, 0.05) is 0 Å². The summed E-state index contributed by atoms with van der Waals surface area (Å²) in [7, 11) is 0. The van der Waals surface area contributed by atoms with Crippen molar-refractivity contribution in [2.45, 2.75) is 40.8 Å². The molecule has 0 aliphatic heterocycles. The van der Waals surface area contributed by atoms with Gasteiger partial charge in [0.05, 0.1) is 0 Å². The van der Waals surface area contributed by atoms with E-state index in [0.717, 1.165) is 6.32 Å². The van der Waals surface area contributed by atoms with E-state index < -0.39 is 0 Å². The Kier molecular flexibility index (Phi) is 3.43. The van der Waals surface area contributed by atoms with Gasteiger partial charge >= 0.3 is 0 Å². The highest BCUT2D eigenvalue weighted by atomic mass is 16.2. The first kappa shape index (κ1) is 10.0. The van der Waals surface area contributed by atoms with Gasteiger partial charge in [-0.25, -0.2) is 0 Å². The van der Waals surface area contributed by atoms with Crippen molar-refractivity contribution in [3.8, 4) is 0 Å². The van der Waals surface area contributed by atoms with Crippen molar-refractivity contribution in [3.63, 3.8) is 0 Å². The Labute approximate surface area is 64.9 Å². The van der Waals surface area contributed by atoms with E-state index in [0.29, 0.717) is 5.92 Å². The summed E-state index contributed by atoms with van der Waals surface area (Å²) < 4.78 is 0. The van der Waals surface area contributed by atoms with Gasteiger partial charge in [0.1, 0.15) is 0 Å². The lowest BCUT2D eigenvalue weighted by Crippen LogP contribution is -2.25. The maximum absolute atomic E-state index is 9.14. The van der Waals surface area contributed by atoms with Crippen LogP contribution in [0.15, 0.2) is 0 Å². The van der Waals surface area contributed by atoms with Crippen LogP contribution in [0.25, 0.3) is 0 Å². The van der Waals surface area contributed by atoms with Crippen LogP contribution in [0.2, 0.25) is 13.1 Å². The van der Waals surface area contributed by atoms with Crippen LogP contribution in [0, 0.1) is 11.3 Å². The van der Waals surface area contributed by atoms with Gasteiger partial charge < -0.3 is 5.02 Å². The van der Waals surface area contributed by atoms with E-state index in [1.165, 1.54) is 0 Å². The third-order valence-electron chi connectivity index (χ3n) is 2.38. The van der Waals surface area contributed by atoms with Gasteiger partial charge in [-0.2, -0.15) is 0 Å². The first-order valence-electron chi connectivity index (χ1n) is 4.04. The van der Waals surface area contributed by atoms with Crippen molar-refractivity contribution in [2.24, 2.45) is 11.3 Å². The van der Waals surface area contributed by atoms with Crippen molar-refractivity contribution in [3.05, 3.63) is 0 Å². The second-order valence-electron chi connectivity index (χ2n) is 4.20. The Morgan fingerprint density at radius 1 is 1.40 bits per heavy atom. The summed E-state index contributed by atoms with van der Waals surface area (Å²) in [6, 6.07) is 0. The lowest BCUT2D eigenvalue weighted by molar-refractivity contribution is 0.274. The fourth-order valence-electron chi connectivity index (χ4n) is 0.997. The largest absolute Gasteiger partial charge is 0.451 e. The molecule has 2 heteroatoms. The third kappa shape index (κ3) is 3.26. The first-order chi connectivity index (χ1) is 4.36. The van der Waals surface area contributed by atoms with Gasteiger partial charge in [-0.05, 0) is 17.7 Å². The molecule has 0 amide bonds. The zero-order valence-electron chi connectivity index (χ0n) is 7.81. The lowest BCUT2D eigenvalue weighted by Gasteiger charge is -2.29. The van der Waals surface area contributed by atoms with Crippen LogP contribution in [-0.4, -0.2) is 11.9 Å². The van der Waals surface area contributed by atoms with Gasteiger partial charge in [0.2, 0.25) is 0 Å². The topological polar surface area (TPSA) is 20.2 Å². The van der Waals surface area contributed by atoms with Gasteiger partial charge in [-0.1, -0.05) is 34.5 Å². The molecular formula is C8H19BO. The zero-order valence-corrected chi connectivity index (χ0v) is 7.81. The van der Waals surface area contributed by atoms with Crippen LogP contribution in [0.1, 0.15) is 27.7 Å². The first-order valence-corrected chi connectivity index (χ1v) is 4.04. The zero-order chi connectivity index (χ0) is 8.36. The Balaban J connectivity index is 3.87. The summed E-state index contributed by atoms with van der Waals surface area (Å²) in [6.45, 7) is 10.5. The van der Waals surface area contributed by atoms with Crippen molar-refractivity contribution in [2.75, 3.05) is 0 Å². The highest BCUT2D eigenvalue weighted by Gasteiger charge is 2.25. The van der Waals surface area contributed by atoms with E-state index in [1.807, 2.05) is 6.82 Å². The molecule has 0 aromatic carbocycles. The lowest BCUT2D eigenvalue weighted by atomic mass is 9.57. The Hall–Kier alpha value is 0.0249. The highest BCUT2D eigenvalue weighted by molar-refractivity contribution is 6.48. The number of rotatable bonds is 3. The SMILES string of the molecule is CB(O)CC(C)(C)C(C)C. The molecule has 0 aromatic rings. The predicted octanol–water partition coefficient (Wildman–Crippen LogP) is 2.28. The molecule has 1 nitrogen and oxygen atoms in total. The monoisotopic (exact) mass is 142 g/mol. The molecule has 0 rings (SSSR count). The second kappa shape index (κ2) is 3.43. The van der Waals surface area contributed by atoms with E-state index in [1.54, 1.807) is 0 Å². The quantitative estimate of drug-likeness (QED) is 0.599. The van der Waals surface area contributed by atoms with E-state index >= 15 is 0 Å². The van der Waals surface area contributed by atoms with Gasteiger partial charge in [-0.15, -0.1) is 0 Å². The van der Waals surface area contributed by atoms with Crippen molar-refractivity contribution < 1.29 is 5.02 Å². The Morgan fingerprint density at radius 3 is 1.90 bits per heavy atom. The van der Waals surface area contributed by atoms with Gasteiger partial charge in [0.15, 0.2) is 0 Å². The molecule has 0 bridgehead atoms. The van der Waals surface area contributed by atoms with Crippen LogP contribution in [0.3, 0.4) is 0 Å². The summed E-state index contributed by atoms with van der Waals surface area (Å²) >= 11 is 0. The van der Waals surface area contributed by atoms with E-state index in [-0.39, 0.29) is 12.3 Å². The Morgan fingerprint density at radius 2 is 1.80 bits per heavy atom. The molecule has 0 aliphatic rings. The summed E-state index contributed by atoms with van der Waals surface area (Å²) in [5.41, 5.74) is 0.272. The molecule has 0 aliphatic carbocycles. The second-order valence-corrected chi connectivity index (χ2v) is 4.20. The molecule has 0 fully saturated rings. The molecule has 0 spiro atoms. The standard InChI is InChI=1S/C8H19BO/c1-7(2)8(3,4)6-9(5)10/h7,10H,6H2,1-5H3. The highest BCUT2D eigenvalue weighted by Crippen LogP contribution is 2.31. The molecule has 0 unspecified atom stereocenters. The molecule has 10 heavy (non-hydrogen) atoms. The minimum absolute atomic E-state index is 0.169. The average molecular weight is 142 g/mol. The van der Waals surface area contributed by atoms with Crippen molar-refractivity contribution >= 4 is 6.92 Å². The molecular weight excluding hydrogens is 123 g/mol. The molecule has 0 heterocycles. The van der Waals surface area contributed by atoms with E-state index in [9.17, 15) is 0 Å². The third-order valence-corrected chi connectivity index (χ3v) is 2.38. The molecule has 0 radical (unpaired) electrons. The summed E-state index contributed by atoms with van der Waals surface area (Å²) in [5.74, 6) is 0.641. The van der Waals surface area contributed by atoms with Gasteiger partial charge in [0.25, 0.3) is 6.92 Å². The summed E-state index contributed by atoms with van der Waals surface area (Å²) in [4.78, 5) is 0. The molecule has 0 atom stereocenters. The van der Waals surface area contributed by atoms with Crippen LogP contribution >= 0.6 is 0 Å². The van der Waals surface area contributed by atoms with Crippen LogP contribution in [-0.2, 0) is 0 Å². The molecule has 0 saturated carbocycles. The minimum Gasteiger partial charge on any atom is -0.451 e. The molecule has 60 valence electrons. The number of hydrogen-bond acceptors (Lipinski definition) is 1. The normalized spacial score (nSPS) is 12.3. The van der Waals surface area contributed by atoms with Crippen molar-refractivity contribution in [1.82, 2.24) is 0 Å². The van der Waals surface area contributed by atoms with Crippen LogP contribution < -0.4 is 0 Å². The smallest absolute Gasteiger partial charge is 0.286 e. The average Bonchev–Trinajstić information content (AvgIpc) is 1.60. The minimum atomic E-state index is -0.169. The molecule has 0 saturated heterocycles.